The molecule has 1 unspecified atom stereocenters. The van der Waals surface area contributed by atoms with E-state index in [1.165, 1.54) is 12.8 Å². The number of carbonyl (C=O) groups is 1. The molecule has 0 amide bonds. The highest BCUT2D eigenvalue weighted by Crippen LogP contribution is 2.26. The van der Waals surface area contributed by atoms with Gasteiger partial charge in [-0.05, 0) is 39.2 Å². The Balaban J connectivity index is 1.89. The van der Waals surface area contributed by atoms with Crippen LogP contribution in [0.2, 0.25) is 0 Å². The summed E-state index contributed by atoms with van der Waals surface area (Å²) in [7, 11) is 0. The average Bonchev–Trinajstić information content (AvgIpc) is 2.71. The van der Waals surface area contributed by atoms with E-state index in [1.807, 2.05) is 13.8 Å². The molecule has 0 bridgehead atoms. The molecule has 2 heterocycles. The molecule has 2 saturated heterocycles. The summed E-state index contributed by atoms with van der Waals surface area (Å²) >= 11 is 0. The van der Waals surface area contributed by atoms with Crippen LogP contribution in [0.15, 0.2) is 0 Å². The van der Waals surface area contributed by atoms with Gasteiger partial charge in [-0.25, -0.2) is 0 Å². The Bertz CT molecular complexity index is 243. The zero-order chi connectivity index (χ0) is 11.5. The minimum Gasteiger partial charge on any atom is -0.465 e. The maximum Gasteiger partial charge on any atom is 0.323 e. The number of ether oxygens (including phenoxy) is 1. The van der Waals surface area contributed by atoms with Crippen molar-refractivity contribution in [1.82, 2.24) is 10.2 Å². The first-order chi connectivity index (χ1) is 7.72. The van der Waals surface area contributed by atoms with E-state index in [1.54, 1.807) is 0 Å². The predicted octanol–water partition coefficient (Wildman–Crippen LogP) is 0.622. The summed E-state index contributed by atoms with van der Waals surface area (Å²) in [5.74, 6) is 0.645. The number of hydrogen-bond acceptors (Lipinski definition) is 4. The van der Waals surface area contributed by atoms with Crippen LogP contribution in [-0.2, 0) is 9.53 Å². The number of carbonyl (C=O) groups excluding carboxylic acids is 1. The van der Waals surface area contributed by atoms with Crippen LogP contribution in [0, 0.1) is 5.92 Å². The topological polar surface area (TPSA) is 41.6 Å². The van der Waals surface area contributed by atoms with Crippen LogP contribution in [0.1, 0.15) is 26.7 Å². The van der Waals surface area contributed by atoms with Crippen molar-refractivity contribution in [2.45, 2.75) is 38.8 Å². The molecule has 3 atom stereocenters. The fourth-order valence-corrected chi connectivity index (χ4v) is 2.81. The molecular weight excluding hydrogens is 204 g/mol. The van der Waals surface area contributed by atoms with Crippen molar-refractivity contribution in [3.8, 4) is 0 Å². The highest BCUT2D eigenvalue weighted by molar-refractivity contribution is 5.75. The van der Waals surface area contributed by atoms with Crippen LogP contribution < -0.4 is 5.32 Å². The SMILES string of the molecule is CCOC(=O)C(C)N1C[C@@H]2CCCN[C@@H]2C1. The van der Waals surface area contributed by atoms with Crippen LogP contribution in [-0.4, -0.2) is 49.2 Å². The summed E-state index contributed by atoms with van der Waals surface area (Å²) in [4.78, 5) is 13.9. The first-order valence-corrected chi connectivity index (χ1v) is 6.36. The first kappa shape index (κ1) is 11.9. The van der Waals surface area contributed by atoms with Gasteiger partial charge in [-0.1, -0.05) is 0 Å². The first-order valence-electron chi connectivity index (χ1n) is 6.36. The van der Waals surface area contributed by atoms with E-state index in [9.17, 15) is 4.79 Å². The minimum atomic E-state index is -0.0904. The Labute approximate surface area is 97.3 Å². The molecule has 2 aliphatic rings. The van der Waals surface area contributed by atoms with Gasteiger partial charge in [0.25, 0.3) is 0 Å². The quantitative estimate of drug-likeness (QED) is 0.716. The molecule has 92 valence electrons. The highest BCUT2D eigenvalue weighted by atomic mass is 16.5. The number of esters is 1. The van der Waals surface area contributed by atoms with Gasteiger partial charge in [0, 0.05) is 19.1 Å². The van der Waals surface area contributed by atoms with Gasteiger partial charge >= 0.3 is 5.97 Å². The molecule has 1 N–H and O–H groups in total. The van der Waals surface area contributed by atoms with Crippen LogP contribution in [0.25, 0.3) is 0 Å². The minimum absolute atomic E-state index is 0.0823. The molecule has 16 heavy (non-hydrogen) atoms. The van der Waals surface area contributed by atoms with Crippen LogP contribution in [0.3, 0.4) is 0 Å². The molecule has 0 saturated carbocycles. The lowest BCUT2D eigenvalue weighted by atomic mass is 9.94. The summed E-state index contributed by atoms with van der Waals surface area (Å²) in [6.45, 7) is 7.44. The monoisotopic (exact) mass is 226 g/mol. The normalized spacial score (nSPS) is 32.1. The molecule has 0 radical (unpaired) electrons. The number of nitrogens with zero attached hydrogens (tertiary/aromatic N) is 1. The maximum absolute atomic E-state index is 11.7. The Hall–Kier alpha value is -0.610. The van der Waals surface area contributed by atoms with E-state index < -0.39 is 0 Å². The number of nitrogens with one attached hydrogen (secondary N) is 1. The van der Waals surface area contributed by atoms with Crippen LogP contribution in [0.4, 0.5) is 0 Å². The summed E-state index contributed by atoms with van der Waals surface area (Å²) in [6, 6.07) is 0.498. The second-order valence-electron chi connectivity index (χ2n) is 4.84. The lowest BCUT2D eigenvalue weighted by molar-refractivity contribution is -0.148. The molecule has 2 aliphatic heterocycles. The van der Waals surface area contributed by atoms with Gasteiger partial charge < -0.3 is 10.1 Å². The highest BCUT2D eigenvalue weighted by Gasteiger charge is 2.38. The van der Waals surface area contributed by atoms with Crippen molar-refractivity contribution in [2.75, 3.05) is 26.2 Å². The molecule has 0 aromatic heterocycles. The zero-order valence-corrected chi connectivity index (χ0v) is 10.2. The molecule has 4 heteroatoms. The molecule has 2 fully saturated rings. The molecule has 4 nitrogen and oxygen atoms in total. The Morgan fingerprint density at radius 2 is 2.38 bits per heavy atom. The van der Waals surface area contributed by atoms with E-state index in [2.05, 4.69) is 10.2 Å². The number of fused-ring (bicyclic) bond motifs is 1. The van der Waals surface area contributed by atoms with Crippen molar-refractivity contribution < 1.29 is 9.53 Å². The van der Waals surface area contributed by atoms with Crippen molar-refractivity contribution in [3.63, 3.8) is 0 Å². The third-order valence-electron chi connectivity index (χ3n) is 3.80. The number of rotatable bonds is 3. The third kappa shape index (κ3) is 2.38. The largest absolute Gasteiger partial charge is 0.465 e. The fourth-order valence-electron chi connectivity index (χ4n) is 2.81. The van der Waals surface area contributed by atoms with Crippen molar-refractivity contribution in [2.24, 2.45) is 5.92 Å². The second-order valence-corrected chi connectivity index (χ2v) is 4.84. The molecular formula is C12H22N2O2. The van der Waals surface area contributed by atoms with Gasteiger partial charge in [-0.2, -0.15) is 0 Å². The Morgan fingerprint density at radius 3 is 3.06 bits per heavy atom. The molecule has 2 rings (SSSR count). The van der Waals surface area contributed by atoms with Gasteiger partial charge in [-0.3, -0.25) is 9.69 Å². The standard InChI is InChI=1S/C12H22N2O2/c1-3-16-12(15)9(2)14-7-10-5-4-6-13-11(10)8-14/h9-11,13H,3-8H2,1-2H3/t9?,10-,11+/m0/s1. The van der Waals surface area contributed by atoms with E-state index >= 15 is 0 Å². The molecule has 0 aromatic carbocycles. The lowest BCUT2D eigenvalue weighted by Crippen LogP contribution is -2.42. The maximum atomic E-state index is 11.7. The van der Waals surface area contributed by atoms with Gasteiger partial charge in [-0.15, -0.1) is 0 Å². The molecule has 0 aliphatic carbocycles. The fraction of sp³-hybridized carbons (Fsp3) is 0.917. The third-order valence-corrected chi connectivity index (χ3v) is 3.80. The van der Waals surface area contributed by atoms with Crippen molar-refractivity contribution in [1.29, 1.82) is 0 Å². The Morgan fingerprint density at radius 1 is 1.56 bits per heavy atom. The molecule has 0 spiro atoms. The summed E-state index contributed by atoms with van der Waals surface area (Å²) in [5, 5.41) is 3.54. The van der Waals surface area contributed by atoms with Crippen molar-refractivity contribution >= 4 is 5.97 Å². The number of hydrogen-bond donors (Lipinski definition) is 1. The van der Waals surface area contributed by atoms with Crippen LogP contribution in [0.5, 0.6) is 0 Å². The van der Waals surface area contributed by atoms with Gasteiger partial charge in [0.05, 0.1) is 6.61 Å². The van der Waals surface area contributed by atoms with E-state index in [-0.39, 0.29) is 12.0 Å². The second kappa shape index (κ2) is 5.15. The average molecular weight is 226 g/mol. The van der Waals surface area contributed by atoms with Crippen molar-refractivity contribution in [3.05, 3.63) is 0 Å². The number of piperidine rings is 1. The summed E-state index contributed by atoms with van der Waals surface area (Å²) in [6.07, 6.45) is 2.56. The van der Waals surface area contributed by atoms with Gasteiger partial charge in [0.15, 0.2) is 0 Å². The number of likely N-dealkylation sites (tertiary alicyclic amines) is 1. The van der Waals surface area contributed by atoms with Gasteiger partial charge in [0.1, 0.15) is 6.04 Å². The van der Waals surface area contributed by atoms with E-state index in [0.29, 0.717) is 12.6 Å². The van der Waals surface area contributed by atoms with E-state index in [0.717, 1.165) is 25.6 Å². The summed E-state index contributed by atoms with van der Waals surface area (Å²) in [5.41, 5.74) is 0. The predicted molar refractivity (Wildman–Crippen MR) is 62.2 cm³/mol. The summed E-state index contributed by atoms with van der Waals surface area (Å²) < 4.78 is 5.07. The molecule has 0 aromatic rings. The Kier molecular flexibility index (Phi) is 3.82. The van der Waals surface area contributed by atoms with Gasteiger partial charge in [0.2, 0.25) is 0 Å². The smallest absolute Gasteiger partial charge is 0.323 e. The lowest BCUT2D eigenvalue weighted by Gasteiger charge is -2.24. The zero-order valence-electron chi connectivity index (χ0n) is 10.2. The van der Waals surface area contributed by atoms with Crippen LogP contribution >= 0.6 is 0 Å². The van der Waals surface area contributed by atoms with E-state index in [4.69, 9.17) is 4.74 Å².